The molecule has 1 aromatic heterocycles. The van der Waals surface area contributed by atoms with E-state index in [1.165, 1.54) is 16.0 Å². The highest BCUT2D eigenvalue weighted by Gasteiger charge is 2.40. The van der Waals surface area contributed by atoms with Crippen LogP contribution in [0, 0.1) is 12.8 Å². The maximum atomic E-state index is 13.0. The molecule has 6 heteroatoms. The van der Waals surface area contributed by atoms with Gasteiger partial charge in [-0.05, 0) is 64.5 Å². The summed E-state index contributed by atoms with van der Waals surface area (Å²) in [6.45, 7) is 8.45. The van der Waals surface area contributed by atoms with E-state index < -0.39 is 6.09 Å². The van der Waals surface area contributed by atoms with Crippen molar-refractivity contribution >= 4 is 29.4 Å². The highest BCUT2D eigenvalue weighted by molar-refractivity contribution is 7.09. The molecule has 0 aliphatic carbocycles. The average Bonchev–Trinajstić information content (AvgIpc) is 3.38. The molecule has 2 heterocycles. The van der Waals surface area contributed by atoms with E-state index in [2.05, 4.69) is 36.4 Å². The Morgan fingerprint density at radius 1 is 1.24 bits per heavy atom. The van der Waals surface area contributed by atoms with Crippen LogP contribution >= 0.6 is 11.3 Å². The lowest BCUT2D eigenvalue weighted by atomic mass is 9.98. The van der Waals surface area contributed by atoms with Crippen LogP contribution in [0.4, 0.5) is 4.79 Å². The third-order valence-corrected chi connectivity index (χ3v) is 6.78. The molecule has 1 saturated heterocycles. The van der Waals surface area contributed by atoms with Gasteiger partial charge in [0.1, 0.15) is 12.6 Å². The van der Waals surface area contributed by atoms with Crippen molar-refractivity contribution in [2.45, 2.75) is 65.8 Å². The molecule has 0 bridgehead atoms. The van der Waals surface area contributed by atoms with Gasteiger partial charge in [-0.1, -0.05) is 54.5 Å². The van der Waals surface area contributed by atoms with Gasteiger partial charge in [-0.2, -0.15) is 0 Å². The lowest BCUT2D eigenvalue weighted by molar-refractivity contribution is -0.133. The van der Waals surface area contributed by atoms with Crippen LogP contribution in [-0.4, -0.2) is 28.5 Å². The average molecular weight is 467 g/mol. The van der Waals surface area contributed by atoms with Gasteiger partial charge in [0.25, 0.3) is 0 Å². The normalized spacial score (nSPS) is 17.9. The van der Waals surface area contributed by atoms with Gasteiger partial charge in [0, 0.05) is 11.3 Å². The van der Waals surface area contributed by atoms with Crippen molar-refractivity contribution in [1.29, 1.82) is 0 Å². The molecule has 0 unspecified atom stereocenters. The molecule has 176 valence electrons. The van der Waals surface area contributed by atoms with Crippen LogP contribution in [0.5, 0.6) is 0 Å². The summed E-state index contributed by atoms with van der Waals surface area (Å²) in [6, 6.07) is 9.28. The van der Waals surface area contributed by atoms with Gasteiger partial charge in [-0.3, -0.25) is 4.79 Å². The van der Waals surface area contributed by atoms with E-state index in [0.29, 0.717) is 0 Å². The number of amides is 2. The number of rotatable bonds is 10. The van der Waals surface area contributed by atoms with E-state index in [-0.39, 0.29) is 24.5 Å². The Labute approximate surface area is 201 Å². The predicted molar refractivity (Wildman–Crippen MR) is 134 cm³/mol. The standard InChI is InChI=1S/C27H34N2O3S/c1-19(10-8-12-20(2)16-24-18-33-22(4)28-24)11-9-13-21(3)26(30)29-25(17-32-27(29)31)23-14-6-5-7-15-23/h5-7,10,14-16,18,21,25H,8-9,11-13,17H2,1-4H3/b19-10-,20-16+/t21-,25-/m0/s1. The van der Waals surface area contributed by atoms with Crippen LogP contribution in [0.2, 0.25) is 0 Å². The topological polar surface area (TPSA) is 59.5 Å². The number of imide groups is 1. The van der Waals surface area contributed by atoms with E-state index in [1.807, 2.05) is 44.2 Å². The number of cyclic esters (lactones) is 1. The van der Waals surface area contributed by atoms with Crippen LogP contribution in [0.15, 0.2) is 52.9 Å². The number of allylic oxidation sites excluding steroid dienone is 3. The molecule has 1 aromatic carbocycles. The lowest BCUT2D eigenvalue weighted by Crippen LogP contribution is -2.37. The Kier molecular flexibility index (Phi) is 9.01. The molecular weight excluding hydrogens is 432 g/mol. The third kappa shape index (κ3) is 7.13. The number of thiazole rings is 1. The highest BCUT2D eigenvalue weighted by atomic mass is 32.1. The fourth-order valence-electron chi connectivity index (χ4n) is 4.05. The van der Waals surface area contributed by atoms with Gasteiger partial charge in [0.2, 0.25) is 5.91 Å². The number of hydrogen-bond donors (Lipinski definition) is 0. The monoisotopic (exact) mass is 466 g/mol. The fourth-order valence-corrected chi connectivity index (χ4v) is 4.62. The number of aromatic nitrogens is 1. The summed E-state index contributed by atoms with van der Waals surface area (Å²) in [5.74, 6) is -0.368. The molecule has 33 heavy (non-hydrogen) atoms. The summed E-state index contributed by atoms with van der Waals surface area (Å²) < 4.78 is 5.20. The Morgan fingerprint density at radius 2 is 2.00 bits per heavy atom. The van der Waals surface area contributed by atoms with Crippen molar-refractivity contribution in [2.75, 3.05) is 6.61 Å². The minimum Gasteiger partial charge on any atom is -0.446 e. The van der Waals surface area contributed by atoms with Crippen molar-refractivity contribution in [3.63, 3.8) is 0 Å². The van der Waals surface area contributed by atoms with Crippen LogP contribution in [0.3, 0.4) is 0 Å². The SMILES string of the molecule is C/C(=C/CC/C(C)=C/c1csc(C)n1)CCC[C@H](C)C(=O)N1C(=O)OC[C@H]1c1ccccc1. The zero-order chi connectivity index (χ0) is 23.8. The lowest BCUT2D eigenvalue weighted by Gasteiger charge is -2.23. The first kappa shape index (κ1) is 24.9. The molecule has 2 amide bonds. The summed E-state index contributed by atoms with van der Waals surface area (Å²) in [5.41, 5.74) is 4.64. The van der Waals surface area contributed by atoms with Crippen molar-refractivity contribution in [1.82, 2.24) is 9.88 Å². The summed E-state index contributed by atoms with van der Waals surface area (Å²) in [4.78, 5) is 31.0. The minimum atomic E-state index is -0.534. The third-order valence-electron chi connectivity index (χ3n) is 5.99. The van der Waals surface area contributed by atoms with E-state index in [4.69, 9.17) is 4.74 Å². The van der Waals surface area contributed by atoms with Gasteiger partial charge in [-0.25, -0.2) is 14.7 Å². The molecule has 0 N–H and O–H groups in total. The Morgan fingerprint density at radius 3 is 2.70 bits per heavy atom. The molecule has 5 nitrogen and oxygen atoms in total. The molecule has 3 rings (SSSR count). The number of aryl methyl sites for hydroxylation is 1. The highest BCUT2D eigenvalue weighted by Crippen LogP contribution is 2.30. The molecule has 1 aliphatic heterocycles. The van der Waals surface area contributed by atoms with Gasteiger partial charge in [-0.15, -0.1) is 11.3 Å². The number of carbonyl (C=O) groups excluding carboxylic acids is 2. The summed E-state index contributed by atoms with van der Waals surface area (Å²) in [7, 11) is 0. The molecule has 2 aromatic rings. The maximum absolute atomic E-state index is 13.0. The summed E-state index contributed by atoms with van der Waals surface area (Å²) >= 11 is 1.68. The van der Waals surface area contributed by atoms with Crippen LogP contribution in [0.25, 0.3) is 6.08 Å². The van der Waals surface area contributed by atoms with Crippen LogP contribution in [0.1, 0.15) is 75.2 Å². The minimum absolute atomic E-state index is 0.147. The Bertz CT molecular complexity index is 1010. The molecule has 0 radical (unpaired) electrons. The smallest absolute Gasteiger partial charge is 0.417 e. The fraction of sp³-hybridized carbons (Fsp3) is 0.444. The van der Waals surface area contributed by atoms with E-state index >= 15 is 0 Å². The first-order valence-electron chi connectivity index (χ1n) is 11.6. The van der Waals surface area contributed by atoms with Crippen LogP contribution < -0.4 is 0 Å². The second kappa shape index (κ2) is 11.9. The maximum Gasteiger partial charge on any atom is 0.417 e. The number of carbonyl (C=O) groups is 2. The van der Waals surface area contributed by atoms with Gasteiger partial charge < -0.3 is 4.74 Å². The van der Waals surface area contributed by atoms with Crippen LogP contribution in [-0.2, 0) is 9.53 Å². The molecule has 1 aliphatic rings. The predicted octanol–water partition coefficient (Wildman–Crippen LogP) is 7.11. The Balaban J connectivity index is 1.44. The van der Waals surface area contributed by atoms with E-state index in [1.54, 1.807) is 11.3 Å². The zero-order valence-electron chi connectivity index (χ0n) is 20.0. The zero-order valence-corrected chi connectivity index (χ0v) is 20.9. The Hall–Kier alpha value is -2.73. The number of nitrogens with zero attached hydrogens (tertiary/aromatic N) is 2. The second-order valence-electron chi connectivity index (χ2n) is 8.88. The summed E-state index contributed by atoms with van der Waals surface area (Å²) in [5, 5.41) is 3.18. The second-order valence-corrected chi connectivity index (χ2v) is 9.94. The number of benzene rings is 1. The molecular formula is C27H34N2O3S. The van der Waals surface area contributed by atoms with Gasteiger partial charge in [0.15, 0.2) is 0 Å². The van der Waals surface area contributed by atoms with E-state index in [0.717, 1.165) is 48.4 Å². The van der Waals surface area contributed by atoms with E-state index in [9.17, 15) is 9.59 Å². The quantitative estimate of drug-likeness (QED) is 0.350. The van der Waals surface area contributed by atoms with Gasteiger partial charge in [0.05, 0.1) is 10.7 Å². The van der Waals surface area contributed by atoms with Gasteiger partial charge >= 0.3 is 6.09 Å². The van der Waals surface area contributed by atoms with Crippen molar-refractivity contribution < 1.29 is 14.3 Å². The van der Waals surface area contributed by atoms with Crippen molar-refractivity contribution in [2.24, 2.45) is 5.92 Å². The largest absolute Gasteiger partial charge is 0.446 e. The summed E-state index contributed by atoms with van der Waals surface area (Å²) in [6.07, 6.45) is 8.56. The molecule has 0 saturated carbocycles. The molecule has 0 spiro atoms. The molecule has 2 atom stereocenters. The first-order chi connectivity index (χ1) is 15.8. The number of hydrogen-bond acceptors (Lipinski definition) is 5. The number of ether oxygens (including phenoxy) is 1. The van der Waals surface area contributed by atoms with Crippen molar-refractivity contribution in [3.8, 4) is 0 Å². The molecule has 1 fully saturated rings. The first-order valence-corrected chi connectivity index (χ1v) is 12.5. The van der Waals surface area contributed by atoms with Crippen molar-refractivity contribution in [3.05, 3.63) is 69.2 Å².